The van der Waals surface area contributed by atoms with E-state index in [1.54, 1.807) is 0 Å². The minimum absolute atomic E-state index is 0.0434. The van der Waals surface area contributed by atoms with Crippen LogP contribution in [0.1, 0.15) is 15.9 Å². The Hall–Kier alpha value is -1.62. The lowest BCUT2D eigenvalue weighted by molar-refractivity contribution is 0.0993. The molecule has 3 N–H and O–H groups in total. The molecule has 2 aromatic rings. The van der Waals surface area contributed by atoms with Crippen LogP contribution in [0.2, 0.25) is 0 Å². The van der Waals surface area contributed by atoms with Crippen LogP contribution in [0, 0.1) is 0 Å². The average Bonchev–Trinajstić information content (AvgIpc) is 2.68. The Morgan fingerprint density at radius 2 is 2.19 bits per heavy atom. The molecule has 0 bridgehead atoms. The minimum Gasteiger partial charge on any atom is -0.383 e. The first-order valence-corrected chi connectivity index (χ1v) is 5.53. The number of aromatic nitrogens is 2. The molecule has 1 aromatic heterocycles. The van der Waals surface area contributed by atoms with Gasteiger partial charge in [-0.2, -0.15) is 5.10 Å². The SMILES string of the molecule is Nc1[nH]ncc1C(=O)Cc1ccccc1Br. The van der Waals surface area contributed by atoms with E-state index >= 15 is 0 Å². The van der Waals surface area contributed by atoms with Crippen LogP contribution in [-0.2, 0) is 6.42 Å². The monoisotopic (exact) mass is 279 g/mol. The molecular weight excluding hydrogens is 270 g/mol. The van der Waals surface area contributed by atoms with Gasteiger partial charge in [-0.15, -0.1) is 0 Å². The molecule has 0 fully saturated rings. The molecule has 16 heavy (non-hydrogen) atoms. The van der Waals surface area contributed by atoms with E-state index in [9.17, 15) is 4.79 Å². The predicted molar refractivity (Wildman–Crippen MR) is 65.2 cm³/mol. The fourth-order valence-electron chi connectivity index (χ4n) is 1.43. The number of hydrogen-bond acceptors (Lipinski definition) is 3. The molecule has 4 nitrogen and oxygen atoms in total. The number of ketones is 1. The van der Waals surface area contributed by atoms with E-state index in [1.165, 1.54) is 6.20 Å². The number of nitrogen functional groups attached to an aromatic ring is 1. The number of nitrogens with one attached hydrogen (secondary N) is 1. The number of halogens is 1. The van der Waals surface area contributed by atoms with Crippen molar-refractivity contribution in [1.29, 1.82) is 0 Å². The van der Waals surface area contributed by atoms with Gasteiger partial charge in [-0.25, -0.2) is 0 Å². The quantitative estimate of drug-likeness (QED) is 0.846. The fourth-order valence-corrected chi connectivity index (χ4v) is 1.85. The third-order valence-electron chi connectivity index (χ3n) is 2.28. The molecule has 0 atom stereocenters. The van der Waals surface area contributed by atoms with Crippen molar-refractivity contribution >= 4 is 27.5 Å². The van der Waals surface area contributed by atoms with Crippen LogP contribution in [0.5, 0.6) is 0 Å². The lowest BCUT2D eigenvalue weighted by Gasteiger charge is -2.02. The largest absolute Gasteiger partial charge is 0.383 e. The van der Waals surface area contributed by atoms with Gasteiger partial charge in [-0.05, 0) is 11.6 Å². The zero-order chi connectivity index (χ0) is 11.5. The van der Waals surface area contributed by atoms with Gasteiger partial charge >= 0.3 is 0 Å². The molecule has 0 unspecified atom stereocenters. The highest BCUT2D eigenvalue weighted by Crippen LogP contribution is 2.19. The molecule has 0 amide bonds. The molecule has 0 aliphatic carbocycles. The number of carbonyl (C=O) groups excluding carboxylic acids is 1. The second kappa shape index (κ2) is 4.49. The first-order chi connectivity index (χ1) is 7.68. The van der Waals surface area contributed by atoms with Crippen LogP contribution in [0.3, 0.4) is 0 Å². The lowest BCUT2D eigenvalue weighted by atomic mass is 10.1. The average molecular weight is 280 g/mol. The number of H-pyrrole nitrogens is 1. The molecule has 5 heteroatoms. The number of rotatable bonds is 3. The highest BCUT2D eigenvalue weighted by atomic mass is 79.9. The second-order valence-corrected chi connectivity index (χ2v) is 4.24. The Morgan fingerprint density at radius 3 is 2.81 bits per heavy atom. The van der Waals surface area contributed by atoms with Crippen molar-refractivity contribution in [3.63, 3.8) is 0 Å². The second-order valence-electron chi connectivity index (χ2n) is 3.39. The number of aromatic amines is 1. The van der Waals surface area contributed by atoms with Crippen molar-refractivity contribution in [2.24, 2.45) is 0 Å². The molecular formula is C11H10BrN3O. The maximum Gasteiger partial charge on any atom is 0.172 e. The molecule has 1 aromatic carbocycles. The first-order valence-electron chi connectivity index (χ1n) is 4.74. The van der Waals surface area contributed by atoms with E-state index < -0.39 is 0 Å². The van der Waals surface area contributed by atoms with E-state index in [-0.39, 0.29) is 5.78 Å². The van der Waals surface area contributed by atoms with Crippen LogP contribution in [-0.4, -0.2) is 16.0 Å². The number of Topliss-reactive ketones (excluding diaryl/α,β-unsaturated/α-hetero) is 1. The van der Waals surface area contributed by atoms with Crippen LogP contribution < -0.4 is 5.73 Å². The van der Waals surface area contributed by atoms with E-state index in [4.69, 9.17) is 5.73 Å². The summed E-state index contributed by atoms with van der Waals surface area (Å²) in [5, 5.41) is 6.27. The van der Waals surface area contributed by atoms with E-state index in [1.807, 2.05) is 24.3 Å². The van der Waals surface area contributed by atoms with Gasteiger partial charge in [0.15, 0.2) is 5.78 Å². The zero-order valence-electron chi connectivity index (χ0n) is 8.40. The highest BCUT2D eigenvalue weighted by Gasteiger charge is 2.13. The van der Waals surface area contributed by atoms with Gasteiger partial charge < -0.3 is 5.73 Å². The molecule has 0 radical (unpaired) electrons. The Labute approximate surface area is 101 Å². The maximum absolute atomic E-state index is 11.9. The topological polar surface area (TPSA) is 71.8 Å². The Kier molecular flexibility index (Phi) is 3.05. The predicted octanol–water partition coefficient (Wildman–Crippen LogP) is 2.18. The van der Waals surface area contributed by atoms with Crippen molar-refractivity contribution in [3.05, 3.63) is 46.1 Å². The highest BCUT2D eigenvalue weighted by molar-refractivity contribution is 9.10. The smallest absolute Gasteiger partial charge is 0.172 e. The third kappa shape index (κ3) is 2.14. The number of nitrogens with two attached hydrogens (primary N) is 1. The van der Waals surface area contributed by atoms with Gasteiger partial charge in [0.25, 0.3) is 0 Å². The molecule has 0 saturated heterocycles. The summed E-state index contributed by atoms with van der Waals surface area (Å²) in [5.41, 5.74) is 6.96. The first kappa shape index (κ1) is 10.9. The number of carbonyl (C=O) groups is 1. The van der Waals surface area contributed by atoms with Crippen LogP contribution in [0.25, 0.3) is 0 Å². The summed E-state index contributed by atoms with van der Waals surface area (Å²) in [4.78, 5) is 11.9. The van der Waals surface area contributed by atoms with Gasteiger partial charge in [-0.1, -0.05) is 34.1 Å². The maximum atomic E-state index is 11.9. The summed E-state index contributed by atoms with van der Waals surface area (Å²) in [6.45, 7) is 0. The summed E-state index contributed by atoms with van der Waals surface area (Å²) in [7, 11) is 0. The van der Waals surface area contributed by atoms with Crippen LogP contribution >= 0.6 is 15.9 Å². The van der Waals surface area contributed by atoms with Crippen LogP contribution in [0.15, 0.2) is 34.9 Å². The van der Waals surface area contributed by atoms with Crippen LogP contribution in [0.4, 0.5) is 5.82 Å². The molecule has 0 saturated carbocycles. The standard InChI is InChI=1S/C11H10BrN3O/c12-9-4-2-1-3-7(9)5-10(16)8-6-14-15-11(8)13/h1-4,6H,5H2,(H3,13,14,15). The third-order valence-corrected chi connectivity index (χ3v) is 3.05. The van der Waals surface area contributed by atoms with Gasteiger partial charge in [0.1, 0.15) is 5.82 Å². The van der Waals surface area contributed by atoms with Gasteiger partial charge in [0.05, 0.1) is 11.8 Å². The van der Waals surface area contributed by atoms with Crippen molar-refractivity contribution in [2.45, 2.75) is 6.42 Å². The number of nitrogens with zero attached hydrogens (tertiary/aromatic N) is 1. The summed E-state index contributed by atoms with van der Waals surface area (Å²) in [6, 6.07) is 7.61. The molecule has 1 heterocycles. The van der Waals surface area contributed by atoms with Crippen molar-refractivity contribution in [3.8, 4) is 0 Å². The minimum atomic E-state index is -0.0434. The van der Waals surface area contributed by atoms with Crippen molar-refractivity contribution in [1.82, 2.24) is 10.2 Å². The fraction of sp³-hybridized carbons (Fsp3) is 0.0909. The summed E-state index contributed by atoms with van der Waals surface area (Å²) in [6.07, 6.45) is 1.76. The lowest BCUT2D eigenvalue weighted by Crippen LogP contribution is -2.05. The normalized spacial score (nSPS) is 10.3. The molecule has 0 aliphatic rings. The molecule has 0 aliphatic heterocycles. The molecule has 0 spiro atoms. The summed E-state index contributed by atoms with van der Waals surface area (Å²) < 4.78 is 0.922. The van der Waals surface area contributed by atoms with Gasteiger partial charge in [0.2, 0.25) is 0 Å². The van der Waals surface area contributed by atoms with E-state index in [0.717, 1.165) is 10.0 Å². The molecule has 2 rings (SSSR count). The Balaban J connectivity index is 2.21. The van der Waals surface area contributed by atoms with Gasteiger partial charge in [-0.3, -0.25) is 9.89 Å². The molecule has 82 valence electrons. The summed E-state index contributed by atoms with van der Waals surface area (Å²) >= 11 is 3.40. The Bertz CT molecular complexity index is 521. The number of benzene rings is 1. The summed E-state index contributed by atoms with van der Waals surface area (Å²) in [5.74, 6) is 0.273. The van der Waals surface area contributed by atoms with Gasteiger partial charge in [0, 0.05) is 10.9 Å². The van der Waals surface area contributed by atoms with Crippen molar-refractivity contribution in [2.75, 3.05) is 5.73 Å². The number of hydrogen-bond donors (Lipinski definition) is 2. The Morgan fingerprint density at radius 1 is 1.44 bits per heavy atom. The van der Waals surface area contributed by atoms with E-state index in [0.29, 0.717) is 17.8 Å². The van der Waals surface area contributed by atoms with E-state index in [2.05, 4.69) is 26.1 Å². The van der Waals surface area contributed by atoms with Crippen molar-refractivity contribution < 1.29 is 4.79 Å². The number of anilines is 1. The zero-order valence-corrected chi connectivity index (χ0v) is 9.99.